The molecule has 1 atom stereocenters. The maximum absolute atomic E-state index is 10.3. The summed E-state index contributed by atoms with van der Waals surface area (Å²) in [6.07, 6.45) is 22.5. The molecule has 3 nitrogen and oxygen atoms in total. The van der Waals surface area contributed by atoms with E-state index in [2.05, 4.69) is 25.2 Å². The van der Waals surface area contributed by atoms with E-state index >= 15 is 0 Å². The van der Waals surface area contributed by atoms with Crippen LogP contribution in [-0.4, -0.2) is 22.3 Å². The van der Waals surface area contributed by atoms with Gasteiger partial charge in [-0.3, -0.25) is 4.79 Å². The van der Waals surface area contributed by atoms with Crippen LogP contribution in [0.4, 0.5) is 0 Å². The summed E-state index contributed by atoms with van der Waals surface area (Å²) in [5.74, 6) is -0.715. The first-order chi connectivity index (χ1) is 11.2. The van der Waals surface area contributed by atoms with Gasteiger partial charge in [-0.05, 0) is 44.9 Å². The summed E-state index contributed by atoms with van der Waals surface area (Å²) >= 11 is 0. The molecule has 0 unspecified atom stereocenters. The van der Waals surface area contributed by atoms with Crippen LogP contribution >= 0.6 is 0 Å². The van der Waals surface area contributed by atoms with E-state index in [9.17, 15) is 9.90 Å². The number of rotatable bonds is 15. The molecule has 3 heteroatoms. The number of hydrogen-bond acceptors (Lipinski definition) is 2. The van der Waals surface area contributed by atoms with Gasteiger partial charge < -0.3 is 10.2 Å². The lowest BCUT2D eigenvalue weighted by Gasteiger charge is -2.03. The molecular weight excluding hydrogens is 288 g/mol. The second-order valence-electron chi connectivity index (χ2n) is 5.92. The minimum absolute atomic E-state index is 0.260. The van der Waals surface area contributed by atoms with Crippen molar-refractivity contribution in [2.75, 3.05) is 0 Å². The molecule has 0 heterocycles. The summed E-state index contributed by atoms with van der Waals surface area (Å²) < 4.78 is 0. The predicted octanol–water partition coefficient (Wildman–Crippen LogP) is 5.41. The Morgan fingerprint density at radius 1 is 0.913 bits per heavy atom. The Labute approximate surface area is 141 Å². The molecule has 0 aliphatic heterocycles. The standard InChI is InChI=1S/C20H34O3/c1-2-3-13-16-19(21)17-14-11-9-7-5-4-6-8-10-12-15-18-20(22)23/h8-11,14,17,19,21H,2-7,12-13,15-16,18H2,1H3,(H,22,23)/b10-8-,11-9-,17-14+/t19-/m0/s1. The normalized spacial score (nSPS) is 13.5. The smallest absolute Gasteiger partial charge is 0.303 e. The quantitative estimate of drug-likeness (QED) is 0.241. The zero-order chi connectivity index (χ0) is 17.2. The van der Waals surface area contributed by atoms with Crippen LogP contribution < -0.4 is 0 Å². The van der Waals surface area contributed by atoms with Gasteiger partial charge in [0.05, 0.1) is 6.10 Å². The van der Waals surface area contributed by atoms with E-state index in [-0.39, 0.29) is 12.5 Å². The third kappa shape index (κ3) is 18.6. The minimum atomic E-state index is -0.715. The molecule has 0 saturated heterocycles. The van der Waals surface area contributed by atoms with Gasteiger partial charge in [0.1, 0.15) is 0 Å². The number of unbranched alkanes of at least 4 members (excludes halogenated alkanes) is 6. The first-order valence-corrected chi connectivity index (χ1v) is 9.05. The van der Waals surface area contributed by atoms with E-state index in [1.807, 2.05) is 18.2 Å². The Kier molecular flexibility index (Phi) is 16.0. The number of carboxylic acids is 1. The number of allylic oxidation sites excluding steroid dienone is 5. The third-order valence-electron chi connectivity index (χ3n) is 3.60. The molecule has 0 aliphatic rings. The van der Waals surface area contributed by atoms with Crippen molar-refractivity contribution < 1.29 is 15.0 Å². The topological polar surface area (TPSA) is 57.5 Å². The molecule has 0 aromatic rings. The molecule has 0 bridgehead atoms. The lowest BCUT2D eigenvalue weighted by molar-refractivity contribution is -0.137. The number of aliphatic hydroxyl groups is 1. The van der Waals surface area contributed by atoms with Gasteiger partial charge in [0.15, 0.2) is 0 Å². The Hall–Kier alpha value is -1.35. The van der Waals surface area contributed by atoms with Crippen LogP contribution in [0.3, 0.4) is 0 Å². The number of aliphatic carboxylic acids is 1. The zero-order valence-electron chi connectivity index (χ0n) is 14.6. The van der Waals surface area contributed by atoms with Crippen LogP contribution in [0.2, 0.25) is 0 Å². The Balaban J connectivity index is 3.43. The van der Waals surface area contributed by atoms with Gasteiger partial charge in [-0.1, -0.05) is 62.6 Å². The van der Waals surface area contributed by atoms with Crippen molar-refractivity contribution >= 4 is 5.97 Å². The van der Waals surface area contributed by atoms with E-state index in [0.29, 0.717) is 0 Å². The molecule has 0 fully saturated rings. The molecule has 0 rings (SSSR count). The second-order valence-corrected chi connectivity index (χ2v) is 5.92. The number of hydrogen-bond donors (Lipinski definition) is 2. The summed E-state index contributed by atoms with van der Waals surface area (Å²) in [6.45, 7) is 2.17. The summed E-state index contributed by atoms with van der Waals surface area (Å²) in [4.78, 5) is 10.3. The summed E-state index contributed by atoms with van der Waals surface area (Å²) in [5, 5.41) is 18.2. The molecule has 2 N–H and O–H groups in total. The fraction of sp³-hybridized carbons (Fsp3) is 0.650. The Morgan fingerprint density at radius 3 is 2.22 bits per heavy atom. The first kappa shape index (κ1) is 21.6. The lowest BCUT2D eigenvalue weighted by atomic mass is 10.1. The molecule has 0 spiro atoms. The minimum Gasteiger partial charge on any atom is -0.481 e. The summed E-state index contributed by atoms with van der Waals surface area (Å²) in [5.41, 5.74) is 0. The van der Waals surface area contributed by atoms with E-state index in [1.54, 1.807) is 0 Å². The Morgan fingerprint density at radius 2 is 1.57 bits per heavy atom. The van der Waals surface area contributed by atoms with Gasteiger partial charge in [-0.15, -0.1) is 0 Å². The molecule has 0 aromatic carbocycles. The molecule has 0 amide bonds. The fourth-order valence-corrected chi connectivity index (χ4v) is 2.20. The number of aliphatic hydroxyl groups excluding tert-OH is 1. The summed E-state index contributed by atoms with van der Waals surface area (Å²) in [6, 6.07) is 0. The van der Waals surface area contributed by atoms with Crippen LogP contribution in [0.1, 0.15) is 77.6 Å². The molecular formula is C20H34O3. The Bertz CT molecular complexity index is 356. The maximum Gasteiger partial charge on any atom is 0.303 e. The van der Waals surface area contributed by atoms with Crippen LogP contribution in [0.15, 0.2) is 36.5 Å². The van der Waals surface area contributed by atoms with Crippen molar-refractivity contribution in [2.24, 2.45) is 0 Å². The van der Waals surface area contributed by atoms with Gasteiger partial charge in [0, 0.05) is 6.42 Å². The van der Waals surface area contributed by atoms with E-state index in [4.69, 9.17) is 5.11 Å². The van der Waals surface area contributed by atoms with Gasteiger partial charge in [0.2, 0.25) is 0 Å². The van der Waals surface area contributed by atoms with Crippen LogP contribution in [0.25, 0.3) is 0 Å². The van der Waals surface area contributed by atoms with Gasteiger partial charge in [0.25, 0.3) is 0 Å². The highest BCUT2D eigenvalue weighted by atomic mass is 16.4. The third-order valence-corrected chi connectivity index (χ3v) is 3.60. The van der Waals surface area contributed by atoms with Gasteiger partial charge >= 0.3 is 5.97 Å². The predicted molar refractivity (Wildman–Crippen MR) is 97.5 cm³/mol. The first-order valence-electron chi connectivity index (χ1n) is 9.05. The highest BCUT2D eigenvalue weighted by molar-refractivity contribution is 5.66. The largest absolute Gasteiger partial charge is 0.481 e. The van der Waals surface area contributed by atoms with Crippen LogP contribution in [0.5, 0.6) is 0 Å². The molecule has 23 heavy (non-hydrogen) atoms. The van der Waals surface area contributed by atoms with E-state index < -0.39 is 5.97 Å². The molecule has 0 aromatic heterocycles. The van der Waals surface area contributed by atoms with Crippen molar-refractivity contribution in [2.45, 2.75) is 83.7 Å². The van der Waals surface area contributed by atoms with Gasteiger partial charge in [-0.25, -0.2) is 0 Å². The van der Waals surface area contributed by atoms with E-state index in [1.165, 1.54) is 12.8 Å². The molecule has 132 valence electrons. The number of carboxylic acid groups (broad SMARTS) is 1. The van der Waals surface area contributed by atoms with Crippen molar-refractivity contribution in [3.05, 3.63) is 36.5 Å². The van der Waals surface area contributed by atoms with Gasteiger partial charge in [-0.2, -0.15) is 0 Å². The monoisotopic (exact) mass is 322 g/mol. The fourth-order valence-electron chi connectivity index (χ4n) is 2.20. The molecule has 0 aliphatic carbocycles. The van der Waals surface area contributed by atoms with E-state index in [0.717, 1.165) is 51.4 Å². The zero-order valence-corrected chi connectivity index (χ0v) is 14.6. The van der Waals surface area contributed by atoms with Crippen molar-refractivity contribution in [1.82, 2.24) is 0 Å². The van der Waals surface area contributed by atoms with Crippen molar-refractivity contribution in [1.29, 1.82) is 0 Å². The lowest BCUT2D eigenvalue weighted by Crippen LogP contribution is -2.00. The average molecular weight is 322 g/mol. The highest BCUT2D eigenvalue weighted by Crippen LogP contribution is 2.05. The molecule has 0 saturated carbocycles. The highest BCUT2D eigenvalue weighted by Gasteiger charge is 1.96. The van der Waals surface area contributed by atoms with Crippen LogP contribution in [0, 0.1) is 0 Å². The maximum atomic E-state index is 10.3. The van der Waals surface area contributed by atoms with Crippen LogP contribution in [-0.2, 0) is 4.79 Å². The number of carbonyl (C=O) groups is 1. The van der Waals surface area contributed by atoms with Crippen molar-refractivity contribution in [3.8, 4) is 0 Å². The summed E-state index contributed by atoms with van der Waals surface area (Å²) in [7, 11) is 0. The average Bonchev–Trinajstić information content (AvgIpc) is 2.51. The van der Waals surface area contributed by atoms with Crippen molar-refractivity contribution in [3.63, 3.8) is 0 Å². The molecule has 0 radical (unpaired) electrons. The SMILES string of the molecule is CCCCC[C@H](O)/C=C/C=C\CCCC/C=C\CCCC(=O)O. The second kappa shape index (κ2) is 17.0.